The van der Waals surface area contributed by atoms with E-state index in [1.807, 2.05) is 39.0 Å². The Hall–Kier alpha value is -2.77. The van der Waals surface area contributed by atoms with E-state index in [1.54, 1.807) is 18.2 Å². The zero-order valence-electron chi connectivity index (χ0n) is 18.9. The molecular formula is C25H32FN3O3. The summed E-state index contributed by atoms with van der Waals surface area (Å²) in [7, 11) is 0. The quantitative estimate of drug-likeness (QED) is 0.661. The number of morpholine rings is 1. The fourth-order valence-corrected chi connectivity index (χ4v) is 3.92. The van der Waals surface area contributed by atoms with Gasteiger partial charge in [0.2, 0.25) is 5.91 Å². The van der Waals surface area contributed by atoms with Crippen LogP contribution in [-0.2, 0) is 9.53 Å². The third kappa shape index (κ3) is 6.14. The number of hydrogen-bond donors (Lipinski definition) is 2. The van der Waals surface area contributed by atoms with Crippen LogP contribution in [-0.4, -0.2) is 55.6 Å². The van der Waals surface area contributed by atoms with Gasteiger partial charge in [0.25, 0.3) is 5.91 Å². The number of nitrogens with one attached hydrogen (secondary N) is 2. The highest BCUT2D eigenvalue weighted by Gasteiger charge is 2.28. The van der Waals surface area contributed by atoms with E-state index in [2.05, 4.69) is 15.5 Å². The first-order chi connectivity index (χ1) is 15.4. The first-order valence-corrected chi connectivity index (χ1v) is 11.1. The van der Waals surface area contributed by atoms with Gasteiger partial charge in [-0.3, -0.25) is 14.5 Å². The van der Waals surface area contributed by atoms with Gasteiger partial charge < -0.3 is 15.4 Å². The van der Waals surface area contributed by atoms with Crippen molar-refractivity contribution in [2.45, 2.75) is 32.9 Å². The number of nitrogens with zero attached hydrogens (tertiary/aromatic N) is 1. The second kappa shape index (κ2) is 11.2. The van der Waals surface area contributed by atoms with E-state index in [0.717, 1.165) is 24.2 Å². The van der Waals surface area contributed by atoms with Gasteiger partial charge in [-0.1, -0.05) is 44.2 Å². The van der Waals surface area contributed by atoms with Crippen LogP contribution in [0.4, 0.5) is 4.39 Å². The monoisotopic (exact) mass is 441 g/mol. The Morgan fingerprint density at radius 3 is 2.34 bits per heavy atom. The Kier molecular flexibility index (Phi) is 8.36. The summed E-state index contributed by atoms with van der Waals surface area (Å²) in [5, 5.41) is 5.91. The van der Waals surface area contributed by atoms with Gasteiger partial charge in [0.05, 0.1) is 19.3 Å². The molecule has 6 nitrogen and oxygen atoms in total. The molecule has 2 amide bonds. The number of carbonyl (C=O) groups is 2. The molecule has 172 valence electrons. The summed E-state index contributed by atoms with van der Waals surface area (Å²) >= 11 is 0. The van der Waals surface area contributed by atoms with Crippen molar-refractivity contribution >= 4 is 11.8 Å². The maximum absolute atomic E-state index is 13.4. The number of amides is 2. The summed E-state index contributed by atoms with van der Waals surface area (Å²) in [4.78, 5) is 28.1. The summed E-state index contributed by atoms with van der Waals surface area (Å²) in [6.45, 7) is 8.73. The molecule has 0 saturated carbocycles. The van der Waals surface area contributed by atoms with Gasteiger partial charge in [-0.2, -0.15) is 0 Å². The lowest BCUT2D eigenvalue weighted by Crippen LogP contribution is -2.52. The van der Waals surface area contributed by atoms with E-state index in [4.69, 9.17) is 4.74 Å². The largest absolute Gasteiger partial charge is 0.379 e. The molecule has 0 bridgehead atoms. The number of rotatable bonds is 8. The fourth-order valence-electron chi connectivity index (χ4n) is 3.92. The molecule has 32 heavy (non-hydrogen) atoms. The van der Waals surface area contributed by atoms with Crippen LogP contribution in [0, 0.1) is 18.7 Å². The number of carbonyl (C=O) groups excluding carboxylic acids is 2. The minimum Gasteiger partial charge on any atom is -0.379 e. The molecule has 1 aliphatic rings. The zero-order chi connectivity index (χ0) is 23.1. The van der Waals surface area contributed by atoms with E-state index in [1.165, 1.54) is 12.1 Å². The standard InChI is InChI=1S/C25H32FN3O3/c1-17(2)23(28-24(30)21-7-5-4-6-18(21)3)25(31)27-16-22(29-12-14-32-15-13-29)19-8-10-20(26)11-9-19/h4-11,17,22-23H,12-16H2,1-3H3,(H,27,31)(H,28,30). The molecule has 0 radical (unpaired) electrons. The van der Waals surface area contributed by atoms with Crippen LogP contribution < -0.4 is 10.6 Å². The third-order valence-corrected chi connectivity index (χ3v) is 5.84. The number of halogens is 1. The van der Waals surface area contributed by atoms with Gasteiger partial charge in [-0.15, -0.1) is 0 Å². The average molecular weight is 442 g/mol. The Balaban J connectivity index is 1.70. The summed E-state index contributed by atoms with van der Waals surface area (Å²) in [5.74, 6) is -0.879. The lowest BCUT2D eigenvalue weighted by Gasteiger charge is -2.35. The summed E-state index contributed by atoms with van der Waals surface area (Å²) in [6, 6.07) is 12.9. The Morgan fingerprint density at radius 1 is 1.06 bits per heavy atom. The highest BCUT2D eigenvalue weighted by Crippen LogP contribution is 2.22. The molecule has 1 fully saturated rings. The predicted molar refractivity (Wildman–Crippen MR) is 122 cm³/mol. The first kappa shape index (κ1) is 23.9. The molecule has 3 rings (SSSR count). The minimum atomic E-state index is -0.666. The van der Waals surface area contributed by atoms with Crippen molar-refractivity contribution in [2.75, 3.05) is 32.8 Å². The van der Waals surface area contributed by atoms with E-state index in [-0.39, 0.29) is 29.6 Å². The summed E-state index contributed by atoms with van der Waals surface area (Å²) in [5.41, 5.74) is 2.35. The molecule has 2 aromatic rings. The van der Waals surface area contributed by atoms with Gasteiger partial charge in [0.1, 0.15) is 11.9 Å². The Bertz CT molecular complexity index is 911. The molecule has 1 heterocycles. The Labute approximate surface area is 189 Å². The molecule has 2 aromatic carbocycles. The second-order valence-electron chi connectivity index (χ2n) is 8.47. The fraction of sp³-hybridized carbons (Fsp3) is 0.440. The van der Waals surface area contributed by atoms with Gasteiger partial charge >= 0.3 is 0 Å². The maximum atomic E-state index is 13.4. The van der Waals surface area contributed by atoms with E-state index in [0.29, 0.717) is 25.3 Å². The van der Waals surface area contributed by atoms with Crippen molar-refractivity contribution in [3.05, 3.63) is 71.0 Å². The summed E-state index contributed by atoms with van der Waals surface area (Å²) < 4.78 is 18.9. The molecule has 0 aromatic heterocycles. The van der Waals surface area contributed by atoms with Crippen molar-refractivity contribution < 1.29 is 18.7 Å². The van der Waals surface area contributed by atoms with E-state index in [9.17, 15) is 14.0 Å². The van der Waals surface area contributed by atoms with Crippen LogP contribution in [0.3, 0.4) is 0 Å². The molecule has 0 aliphatic carbocycles. The second-order valence-corrected chi connectivity index (χ2v) is 8.47. The van der Waals surface area contributed by atoms with Crippen LogP contribution >= 0.6 is 0 Å². The van der Waals surface area contributed by atoms with Gasteiger partial charge in [-0.05, 0) is 42.2 Å². The number of hydrogen-bond acceptors (Lipinski definition) is 4. The molecule has 1 aliphatic heterocycles. The third-order valence-electron chi connectivity index (χ3n) is 5.84. The highest BCUT2D eigenvalue weighted by atomic mass is 19.1. The predicted octanol–water partition coefficient (Wildman–Crippen LogP) is 3.08. The lowest BCUT2D eigenvalue weighted by molar-refractivity contribution is -0.124. The van der Waals surface area contributed by atoms with Crippen molar-refractivity contribution in [3.63, 3.8) is 0 Å². The molecule has 0 spiro atoms. The van der Waals surface area contributed by atoms with Crippen LogP contribution in [0.25, 0.3) is 0 Å². The topological polar surface area (TPSA) is 70.7 Å². The minimum absolute atomic E-state index is 0.0874. The lowest BCUT2D eigenvalue weighted by atomic mass is 10.0. The van der Waals surface area contributed by atoms with Crippen molar-refractivity contribution in [1.29, 1.82) is 0 Å². The molecule has 2 atom stereocenters. The first-order valence-electron chi connectivity index (χ1n) is 11.1. The van der Waals surface area contributed by atoms with Crippen molar-refractivity contribution in [1.82, 2.24) is 15.5 Å². The molecule has 2 unspecified atom stereocenters. The van der Waals surface area contributed by atoms with Gasteiger partial charge in [-0.25, -0.2) is 4.39 Å². The number of aryl methyl sites for hydroxylation is 1. The van der Waals surface area contributed by atoms with Gasteiger partial charge in [0.15, 0.2) is 0 Å². The van der Waals surface area contributed by atoms with Crippen LogP contribution in [0.2, 0.25) is 0 Å². The molecule has 2 N–H and O–H groups in total. The molecule has 1 saturated heterocycles. The zero-order valence-corrected chi connectivity index (χ0v) is 18.9. The SMILES string of the molecule is Cc1ccccc1C(=O)NC(C(=O)NCC(c1ccc(F)cc1)N1CCOCC1)C(C)C. The number of benzene rings is 2. The van der Waals surface area contributed by atoms with Gasteiger partial charge in [0, 0.05) is 25.2 Å². The van der Waals surface area contributed by atoms with Crippen molar-refractivity contribution in [3.8, 4) is 0 Å². The molecular weight excluding hydrogens is 409 g/mol. The van der Waals surface area contributed by atoms with Crippen LogP contribution in [0.5, 0.6) is 0 Å². The molecule has 7 heteroatoms. The van der Waals surface area contributed by atoms with Crippen molar-refractivity contribution in [2.24, 2.45) is 5.92 Å². The Morgan fingerprint density at radius 2 is 1.72 bits per heavy atom. The average Bonchev–Trinajstić information content (AvgIpc) is 2.79. The highest BCUT2D eigenvalue weighted by molar-refractivity contribution is 5.98. The van der Waals surface area contributed by atoms with Crippen LogP contribution in [0.15, 0.2) is 48.5 Å². The van der Waals surface area contributed by atoms with Crippen LogP contribution in [0.1, 0.15) is 41.4 Å². The maximum Gasteiger partial charge on any atom is 0.252 e. The summed E-state index contributed by atoms with van der Waals surface area (Å²) in [6.07, 6.45) is 0. The van der Waals surface area contributed by atoms with E-state index >= 15 is 0 Å². The smallest absolute Gasteiger partial charge is 0.252 e. The normalized spacial score (nSPS) is 16.4. The number of ether oxygens (including phenoxy) is 1. The van der Waals surface area contributed by atoms with E-state index < -0.39 is 6.04 Å².